The smallest absolute Gasteiger partial charge is 0.781 e. The van der Waals surface area contributed by atoms with Crippen molar-refractivity contribution in [3.8, 4) is 0 Å². The Balaban J connectivity index is 0.000000227. The zero-order chi connectivity index (χ0) is 22.8. The molecule has 0 saturated carbocycles. The Labute approximate surface area is 229 Å². The zero-order valence-electron chi connectivity index (χ0n) is 17.5. The summed E-state index contributed by atoms with van der Waals surface area (Å²) in [5.41, 5.74) is 4.02. The van der Waals surface area contributed by atoms with Gasteiger partial charge in [0.05, 0.1) is 0 Å². The number of benzene rings is 4. The number of rotatable bonds is 4. The molecule has 0 aliphatic carbocycles. The van der Waals surface area contributed by atoms with Gasteiger partial charge in [-0.3, -0.25) is 0 Å². The monoisotopic (exact) mass is 540 g/mol. The van der Waals surface area contributed by atoms with Crippen LogP contribution in [0, 0.1) is 0 Å². The van der Waals surface area contributed by atoms with Crippen LogP contribution in [-0.2, 0) is 67.6 Å². The van der Waals surface area contributed by atoms with Gasteiger partial charge in [0.1, 0.15) is 0 Å². The molecule has 0 amide bonds. The van der Waals surface area contributed by atoms with Crippen LogP contribution in [0.15, 0.2) is 121 Å². The van der Waals surface area contributed by atoms with Crippen molar-refractivity contribution < 1.29 is 17.1 Å². The average molecular weight is 541 g/mol. The van der Waals surface area contributed by atoms with Crippen molar-refractivity contribution in [2.45, 2.75) is 0 Å². The molecule has 4 aromatic carbocycles. The van der Waals surface area contributed by atoms with Crippen molar-refractivity contribution in [2.75, 3.05) is 0 Å². The van der Waals surface area contributed by atoms with E-state index in [0.717, 1.165) is 41.9 Å². The van der Waals surface area contributed by atoms with Crippen LogP contribution in [0.25, 0.3) is 19.6 Å². The normalized spacial score (nSPS) is 11.6. The van der Waals surface area contributed by atoms with Crippen molar-refractivity contribution in [2.24, 2.45) is 0 Å². The van der Waals surface area contributed by atoms with Crippen LogP contribution >= 0.6 is 0 Å². The first kappa shape index (κ1) is 27.0. The van der Waals surface area contributed by atoms with Crippen LogP contribution in [0.3, 0.4) is 0 Å². The standard InChI is InChI=1S/2C14H12S2.Fe/c2*15-13(11-7-3-1-4-8-11)14(16)12-9-5-2-6-10-12;/h2*1-10,15-16H;/q;;+4/p-4/b2*14-13-;. The fourth-order valence-electron chi connectivity index (χ4n) is 2.88. The molecule has 0 bridgehead atoms. The van der Waals surface area contributed by atoms with E-state index in [2.05, 4.69) is 0 Å². The first-order valence-corrected chi connectivity index (χ1v) is 11.6. The Morgan fingerprint density at radius 2 is 0.455 bits per heavy atom. The molecule has 0 radical (unpaired) electrons. The van der Waals surface area contributed by atoms with E-state index in [0.29, 0.717) is 0 Å². The Kier molecular flexibility index (Phi) is 11.6. The van der Waals surface area contributed by atoms with E-state index in [9.17, 15) is 0 Å². The van der Waals surface area contributed by atoms with Gasteiger partial charge in [-0.25, -0.2) is 0 Å². The van der Waals surface area contributed by atoms with E-state index in [1.54, 1.807) is 0 Å². The van der Waals surface area contributed by atoms with E-state index >= 15 is 0 Å². The fourth-order valence-corrected chi connectivity index (χ4v) is 3.90. The maximum Gasteiger partial charge on any atom is 4.00 e. The van der Waals surface area contributed by atoms with Crippen LogP contribution in [-0.4, -0.2) is 0 Å². The summed E-state index contributed by atoms with van der Waals surface area (Å²) in [6, 6.07) is 39.5. The molecule has 0 spiro atoms. The zero-order valence-corrected chi connectivity index (χ0v) is 21.9. The van der Waals surface area contributed by atoms with Crippen molar-refractivity contribution in [3.63, 3.8) is 0 Å². The Morgan fingerprint density at radius 3 is 0.606 bits per heavy atom. The predicted octanol–water partition coefficient (Wildman–Crippen LogP) is 7.21. The van der Waals surface area contributed by atoms with E-state index in [1.807, 2.05) is 121 Å². The maximum atomic E-state index is 5.38. The summed E-state index contributed by atoms with van der Waals surface area (Å²) < 4.78 is 0. The summed E-state index contributed by atoms with van der Waals surface area (Å²) in [7, 11) is 0. The van der Waals surface area contributed by atoms with E-state index in [1.165, 1.54) is 0 Å². The molecular formula is C28H20FeS4. The van der Waals surface area contributed by atoms with E-state index in [4.69, 9.17) is 50.5 Å². The molecule has 4 rings (SSSR count). The summed E-state index contributed by atoms with van der Waals surface area (Å²) in [5, 5.41) is 0. The summed E-state index contributed by atoms with van der Waals surface area (Å²) >= 11 is 21.5. The van der Waals surface area contributed by atoms with Crippen molar-refractivity contribution in [1.82, 2.24) is 0 Å². The Bertz CT molecular complexity index is 982. The van der Waals surface area contributed by atoms with Gasteiger partial charge in [-0.15, -0.1) is 0 Å². The molecule has 0 unspecified atom stereocenters. The van der Waals surface area contributed by atoms with Crippen molar-refractivity contribution in [1.29, 1.82) is 0 Å². The number of hydrogen-bond acceptors (Lipinski definition) is 4. The maximum absolute atomic E-state index is 5.38. The van der Waals surface area contributed by atoms with Crippen LogP contribution in [0.2, 0.25) is 0 Å². The minimum absolute atomic E-state index is 0. The van der Waals surface area contributed by atoms with Crippen LogP contribution in [0.4, 0.5) is 0 Å². The third-order valence-corrected chi connectivity index (χ3v) is 6.57. The molecule has 0 aliphatic rings. The largest absolute Gasteiger partial charge is 4.00 e. The molecule has 0 N–H and O–H groups in total. The van der Waals surface area contributed by atoms with Gasteiger partial charge in [0, 0.05) is 0 Å². The average Bonchev–Trinajstić information content (AvgIpc) is 2.89. The first-order chi connectivity index (χ1) is 15.6. The van der Waals surface area contributed by atoms with E-state index < -0.39 is 0 Å². The van der Waals surface area contributed by atoms with E-state index in [-0.39, 0.29) is 17.1 Å². The summed E-state index contributed by atoms with van der Waals surface area (Å²) in [6.07, 6.45) is 0. The molecule has 0 fully saturated rings. The van der Waals surface area contributed by atoms with Gasteiger partial charge in [-0.05, 0) is 22.3 Å². The molecule has 0 aliphatic heterocycles. The molecule has 0 atom stereocenters. The van der Waals surface area contributed by atoms with Gasteiger partial charge in [0.2, 0.25) is 0 Å². The summed E-state index contributed by atoms with van der Waals surface area (Å²) in [6.45, 7) is 0. The SMILES string of the molecule is [Fe+4].[S-]/C(=C(\[S-])c1ccccc1)c1ccccc1.[S-]/C(=C(\[S-])c1ccccc1)c1ccccc1. The molecule has 0 aromatic heterocycles. The van der Waals surface area contributed by atoms with Gasteiger partial charge in [-0.2, -0.15) is 19.6 Å². The van der Waals surface area contributed by atoms with Gasteiger partial charge in [0.15, 0.2) is 0 Å². The van der Waals surface area contributed by atoms with Gasteiger partial charge >= 0.3 is 17.1 Å². The Morgan fingerprint density at radius 1 is 0.303 bits per heavy atom. The minimum Gasteiger partial charge on any atom is -0.781 e. The number of hydrogen-bond donors (Lipinski definition) is 0. The molecular weight excluding hydrogens is 520 g/mol. The van der Waals surface area contributed by atoms with Crippen molar-refractivity contribution >= 4 is 70.1 Å². The Hall–Kier alpha value is -2.24. The van der Waals surface area contributed by atoms with Crippen LogP contribution in [0.1, 0.15) is 22.3 Å². The first-order valence-electron chi connectivity index (χ1n) is 9.96. The predicted molar refractivity (Wildman–Crippen MR) is 149 cm³/mol. The minimum atomic E-state index is 0. The topological polar surface area (TPSA) is 0 Å². The third-order valence-electron chi connectivity index (χ3n) is 4.56. The summed E-state index contributed by atoms with van der Waals surface area (Å²) in [4.78, 5) is 2.95. The molecule has 33 heavy (non-hydrogen) atoms. The second-order valence-corrected chi connectivity index (χ2v) is 8.41. The van der Waals surface area contributed by atoms with Crippen LogP contribution < -0.4 is 0 Å². The molecule has 164 valence electrons. The summed E-state index contributed by atoms with van der Waals surface area (Å²) in [5.74, 6) is 0. The molecule has 5 heteroatoms. The molecule has 0 heterocycles. The fraction of sp³-hybridized carbons (Fsp3) is 0. The van der Waals surface area contributed by atoms with Gasteiger partial charge in [0.25, 0.3) is 0 Å². The third kappa shape index (κ3) is 7.93. The second kappa shape index (κ2) is 14.1. The van der Waals surface area contributed by atoms with Gasteiger partial charge in [-0.1, -0.05) is 121 Å². The van der Waals surface area contributed by atoms with Crippen molar-refractivity contribution in [3.05, 3.63) is 144 Å². The molecule has 4 aromatic rings. The van der Waals surface area contributed by atoms with Crippen LogP contribution in [0.5, 0.6) is 0 Å². The van der Waals surface area contributed by atoms with Gasteiger partial charge < -0.3 is 50.5 Å². The molecule has 0 nitrogen and oxygen atoms in total. The molecule has 0 saturated heterocycles. The quantitative estimate of drug-likeness (QED) is 0.152. The second-order valence-electron chi connectivity index (χ2n) is 6.78.